The Morgan fingerprint density at radius 1 is 1.03 bits per heavy atom. The molecule has 13 heteroatoms. The van der Waals surface area contributed by atoms with Gasteiger partial charge in [-0.1, -0.05) is 12.1 Å². The molecule has 186 valence electrons. The third-order valence-corrected chi connectivity index (χ3v) is 5.69. The molecule has 0 atom stereocenters. The molecule has 3 heterocycles. The molecule has 36 heavy (non-hydrogen) atoms. The summed E-state index contributed by atoms with van der Waals surface area (Å²) in [7, 11) is 3.41. The van der Waals surface area contributed by atoms with E-state index < -0.39 is 10.8 Å². The Morgan fingerprint density at radius 2 is 1.75 bits per heavy atom. The van der Waals surface area contributed by atoms with Crippen LogP contribution in [-0.2, 0) is 27.2 Å². The van der Waals surface area contributed by atoms with Crippen molar-refractivity contribution in [3.05, 3.63) is 86.7 Å². The molecule has 0 spiro atoms. The number of benzene rings is 1. The highest BCUT2D eigenvalue weighted by molar-refractivity contribution is 6.08. The van der Waals surface area contributed by atoms with Crippen LogP contribution in [0.15, 0.2) is 42.9 Å². The molecule has 1 aromatic carbocycles. The number of nitrogens with one attached hydrogen (secondary N) is 2. The normalized spacial score (nSPS) is 10.9. The first-order valence-corrected chi connectivity index (χ1v) is 11.0. The van der Waals surface area contributed by atoms with Crippen LogP contribution in [0.1, 0.15) is 43.4 Å². The van der Waals surface area contributed by atoms with Crippen LogP contribution >= 0.6 is 0 Å². The number of amides is 2. The van der Waals surface area contributed by atoms with Gasteiger partial charge in [0.05, 0.1) is 29.5 Å². The summed E-state index contributed by atoms with van der Waals surface area (Å²) in [5, 5.41) is 29.2. The van der Waals surface area contributed by atoms with Crippen LogP contribution in [0.2, 0.25) is 0 Å². The van der Waals surface area contributed by atoms with Crippen LogP contribution in [0.4, 0.5) is 11.4 Å². The van der Waals surface area contributed by atoms with Crippen LogP contribution in [0.25, 0.3) is 0 Å². The van der Waals surface area contributed by atoms with Crippen molar-refractivity contribution < 1.29 is 14.5 Å². The van der Waals surface area contributed by atoms with Crippen molar-refractivity contribution in [2.45, 2.75) is 26.9 Å². The van der Waals surface area contributed by atoms with Gasteiger partial charge in [0.15, 0.2) is 0 Å². The number of carbonyl (C=O) groups excluding carboxylic acids is 2. The van der Waals surface area contributed by atoms with Crippen LogP contribution in [0, 0.1) is 24.0 Å². The molecular formula is C23H25N9O4. The molecule has 0 saturated heterocycles. The van der Waals surface area contributed by atoms with E-state index in [1.807, 2.05) is 0 Å². The number of hydrogen-bond donors (Lipinski definition) is 2. The average Bonchev–Trinajstić information content (AvgIpc) is 3.49. The molecule has 0 aliphatic carbocycles. The lowest BCUT2D eigenvalue weighted by atomic mass is 10.1. The molecule has 0 saturated carbocycles. The van der Waals surface area contributed by atoms with Crippen molar-refractivity contribution in [3.63, 3.8) is 0 Å². The Kier molecular flexibility index (Phi) is 6.63. The van der Waals surface area contributed by atoms with E-state index >= 15 is 0 Å². The lowest BCUT2D eigenvalue weighted by Crippen LogP contribution is -2.26. The molecule has 0 aliphatic rings. The van der Waals surface area contributed by atoms with Crippen molar-refractivity contribution in [2.24, 2.45) is 14.1 Å². The van der Waals surface area contributed by atoms with Gasteiger partial charge in [-0.15, -0.1) is 0 Å². The Labute approximate surface area is 205 Å². The van der Waals surface area contributed by atoms with Crippen LogP contribution in [0.3, 0.4) is 0 Å². The van der Waals surface area contributed by atoms with Crippen molar-refractivity contribution in [1.82, 2.24) is 34.7 Å². The standard InChI is InChI=1S/C23H25N9O4/c1-14-20(32(35)36)15(2)31(28-14)13-16-5-7-18(8-6-16)22(33)27-19-11-26-30(4)21(19)23(34)24-9-17-10-25-29(3)12-17/h5-8,10-12H,9,13H2,1-4H3,(H,24,34)(H,27,33). The molecule has 0 aliphatic heterocycles. The van der Waals surface area contributed by atoms with Gasteiger partial charge in [-0.2, -0.15) is 15.3 Å². The topological polar surface area (TPSA) is 155 Å². The first-order valence-electron chi connectivity index (χ1n) is 11.0. The Bertz CT molecular complexity index is 1450. The first-order chi connectivity index (χ1) is 17.1. The first kappa shape index (κ1) is 24.3. The average molecular weight is 492 g/mol. The van der Waals surface area contributed by atoms with E-state index in [2.05, 4.69) is 25.9 Å². The quantitative estimate of drug-likeness (QED) is 0.282. The Morgan fingerprint density at radius 3 is 2.36 bits per heavy atom. The van der Waals surface area contributed by atoms with Gasteiger partial charge in [0.25, 0.3) is 11.8 Å². The number of carbonyl (C=O) groups is 2. The zero-order valence-corrected chi connectivity index (χ0v) is 20.2. The van der Waals surface area contributed by atoms with E-state index in [1.54, 1.807) is 74.0 Å². The Hall–Kier alpha value is -4.81. The number of nitro groups is 1. The highest BCUT2D eigenvalue weighted by Crippen LogP contribution is 2.23. The van der Waals surface area contributed by atoms with E-state index in [9.17, 15) is 19.7 Å². The van der Waals surface area contributed by atoms with Gasteiger partial charge in [-0.3, -0.25) is 33.7 Å². The number of hydrogen-bond acceptors (Lipinski definition) is 7. The SMILES string of the molecule is Cc1nn(Cc2ccc(C(=O)Nc3cnn(C)c3C(=O)NCc3cnn(C)c3)cc2)c(C)c1[N+](=O)[O-]. The maximum Gasteiger partial charge on any atom is 0.312 e. The number of aryl methyl sites for hydroxylation is 3. The zero-order chi connectivity index (χ0) is 26.0. The lowest BCUT2D eigenvalue weighted by Gasteiger charge is -2.09. The van der Waals surface area contributed by atoms with Crippen molar-refractivity contribution >= 4 is 23.2 Å². The van der Waals surface area contributed by atoms with Gasteiger partial charge in [-0.05, 0) is 31.5 Å². The maximum atomic E-state index is 12.8. The predicted octanol–water partition coefficient (Wildman–Crippen LogP) is 2.11. The Balaban J connectivity index is 1.43. The minimum Gasteiger partial charge on any atom is -0.346 e. The second-order valence-electron chi connectivity index (χ2n) is 8.32. The molecule has 2 N–H and O–H groups in total. The molecule has 0 radical (unpaired) electrons. The summed E-state index contributed by atoms with van der Waals surface area (Å²) in [6, 6.07) is 6.79. The summed E-state index contributed by atoms with van der Waals surface area (Å²) in [4.78, 5) is 36.4. The minimum absolute atomic E-state index is 0.00254. The molecule has 0 fully saturated rings. The third kappa shape index (κ3) is 4.99. The summed E-state index contributed by atoms with van der Waals surface area (Å²) < 4.78 is 4.60. The van der Waals surface area contributed by atoms with E-state index in [1.165, 1.54) is 10.9 Å². The summed E-state index contributed by atoms with van der Waals surface area (Å²) in [6.07, 6.45) is 4.87. The molecule has 13 nitrogen and oxygen atoms in total. The van der Waals surface area contributed by atoms with Crippen molar-refractivity contribution in [1.29, 1.82) is 0 Å². The van der Waals surface area contributed by atoms with Crippen molar-refractivity contribution in [2.75, 3.05) is 5.32 Å². The molecule has 3 aromatic heterocycles. The molecular weight excluding hydrogens is 466 g/mol. The number of rotatable bonds is 8. The summed E-state index contributed by atoms with van der Waals surface area (Å²) in [6.45, 7) is 3.86. The minimum atomic E-state index is -0.437. The second kappa shape index (κ2) is 9.82. The second-order valence-corrected chi connectivity index (χ2v) is 8.32. The van der Waals surface area contributed by atoms with E-state index in [-0.39, 0.29) is 29.5 Å². The van der Waals surface area contributed by atoms with Gasteiger partial charge in [0.1, 0.15) is 17.1 Å². The summed E-state index contributed by atoms with van der Waals surface area (Å²) in [5.41, 5.74) is 3.36. The number of aromatic nitrogens is 6. The number of nitrogens with zero attached hydrogens (tertiary/aromatic N) is 7. The van der Waals surface area contributed by atoms with E-state index in [0.717, 1.165) is 11.1 Å². The molecule has 4 aromatic rings. The fourth-order valence-corrected chi connectivity index (χ4v) is 3.86. The van der Waals surface area contributed by atoms with E-state index in [0.29, 0.717) is 23.5 Å². The summed E-state index contributed by atoms with van der Waals surface area (Å²) in [5.74, 6) is -0.791. The molecule has 0 unspecified atom stereocenters. The van der Waals surface area contributed by atoms with Gasteiger partial charge >= 0.3 is 5.69 Å². The fraction of sp³-hybridized carbons (Fsp3) is 0.261. The lowest BCUT2D eigenvalue weighted by molar-refractivity contribution is -0.386. The maximum absolute atomic E-state index is 12.8. The smallest absolute Gasteiger partial charge is 0.312 e. The third-order valence-electron chi connectivity index (χ3n) is 5.69. The number of anilines is 1. The van der Waals surface area contributed by atoms with Gasteiger partial charge in [0.2, 0.25) is 0 Å². The van der Waals surface area contributed by atoms with Crippen LogP contribution in [0.5, 0.6) is 0 Å². The van der Waals surface area contributed by atoms with Crippen molar-refractivity contribution in [3.8, 4) is 0 Å². The van der Waals surface area contributed by atoms with Crippen LogP contribution in [-0.4, -0.2) is 46.1 Å². The molecule has 4 rings (SSSR count). The van der Waals surface area contributed by atoms with Gasteiger partial charge in [0, 0.05) is 38.0 Å². The van der Waals surface area contributed by atoms with Gasteiger partial charge in [-0.25, -0.2) is 0 Å². The summed E-state index contributed by atoms with van der Waals surface area (Å²) >= 11 is 0. The predicted molar refractivity (Wildman–Crippen MR) is 129 cm³/mol. The molecule has 2 amide bonds. The highest BCUT2D eigenvalue weighted by atomic mass is 16.6. The van der Waals surface area contributed by atoms with Gasteiger partial charge < -0.3 is 10.6 Å². The van der Waals surface area contributed by atoms with E-state index in [4.69, 9.17) is 0 Å². The van der Waals surface area contributed by atoms with Crippen LogP contribution < -0.4 is 10.6 Å². The zero-order valence-electron chi connectivity index (χ0n) is 20.2. The monoisotopic (exact) mass is 491 g/mol. The fourth-order valence-electron chi connectivity index (χ4n) is 3.86. The molecule has 0 bridgehead atoms. The highest BCUT2D eigenvalue weighted by Gasteiger charge is 2.22. The largest absolute Gasteiger partial charge is 0.346 e.